The van der Waals surface area contributed by atoms with Crippen molar-refractivity contribution in [3.8, 4) is 0 Å². The molecule has 0 heterocycles. The van der Waals surface area contributed by atoms with Crippen LogP contribution in [-0.4, -0.2) is 19.4 Å². The number of carbonyl (C=O) groups excluding carboxylic acids is 1. The lowest BCUT2D eigenvalue weighted by atomic mass is 10.0. The number of amides is 1. The van der Waals surface area contributed by atoms with Crippen molar-refractivity contribution >= 4 is 61.5 Å². The minimum atomic E-state index is -3.75. The number of thiocarbonyl (C=S) groups is 1. The first-order valence-electron chi connectivity index (χ1n) is 11.2. The average Bonchev–Trinajstić information content (AvgIpc) is 2.82. The predicted octanol–water partition coefficient (Wildman–Crippen LogP) is 5.78. The normalized spacial score (nSPS) is 11.4. The summed E-state index contributed by atoms with van der Waals surface area (Å²) in [7, 11) is -3.75. The Hall–Kier alpha value is -4.01. The highest BCUT2D eigenvalue weighted by Crippen LogP contribution is 2.21. The number of sulfonamides is 1. The molecule has 1 amide bonds. The number of anilines is 2. The van der Waals surface area contributed by atoms with Gasteiger partial charge in [-0.25, -0.2) is 8.42 Å². The Bertz CT molecular complexity index is 1550. The molecule has 4 aromatic rings. The highest BCUT2D eigenvalue weighted by Gasteiger charge is 2.15. The molecule has 0 aliphatic rings. The molecule has 0 aliphatic heterocycles. The van der Waals surface area contributed by atoms with E-state index in [-0.39, 0.29) is 15.9 Å². The van der Waals surface area contributed by atoms with Crippen LogP contribution in [0.5, 0.6) is 0 Å². The Morgan fingerprint density at radius 1 is 0.833 bits per heavy atom. The fourth-order valence-corrected chi connectivity index (χ4v) is 5.10. The van der Waals surface area contributed by atoms with Gasteiger partial charge in [-0.1, -0.05) is 48.5 Å². The van der Waals surface area contributed by atoms with Crippen LogP contribution in [0.25, 0.3) is 16.8 Å². The third-order valence-electron chi connectivity index (χ3n) is 5.37. The Morgan fingerprint density at radius 3 is 2.22 bits per heavy atom. The maximum Gasteiger partial charge on any atom is 0.261 e. The summed E-state index contributed by atoms with van der Waals surface area (Å²) in [5.74, 6) is -0.378. The molecule has 0 fully saturated rings. The summed E-state index contributed by atoms with van der Waals surface area (Å²) >= 11 is 5.23. The van der Waals surface area contributed by atoms with Gasteiger partial charge >= 0.3 is 0 Å². The maximum absolute atomic E-state index is 12.8. The summed E-state index contributed by atoms with van der Waals surface area (Å²) < 4.78 is 28.1. The lowest BCUT2D eigenvalue weighted by molar-refractivity contribution is -0.115. The number of rotatable bonds is 6. The number of benzene rings is 4. The van der Waals surface area contributed by atoms with Crippen LogP contribution in [0.15, 0.2) is 95.9 Å². The van der Waals surface area contributed by atoms with Crippen LogP contribution in [0.2, 0.25) is 0 Å². The van der Waals surface area contributed by atoms with Crippen molar-refractivity contribution in [3.63, 3.8) is 0 Å². The molecule has 4 rings (SSSR count). The molecular weight excluding hydrogens is 490 g/mol. The lowest BCUT2D eigenvalue weighted by Crippen LogP contribution is -2.32. The predicted molar refractivity (Wildman–Crippen MR) is 151 cm³/mol. The highest BCUT2D eigenvalue weighted by atomic mass is 32.2. The number of hydrogen-bond donors (Lipinski definition) is 3. The number of aryl methyl sites for hydroxylation is 2. The van der Waals surface area contributed by atoms with Crippen LogP contribution >= 0.6 is 12.2 Å². The van der Waals surface area contributed by atoms with Crippen molar-refractivity contribution in [2.45, 2.75) is 18.7 Å². The van der Waals surface area contributed by atoms with E-state index < -0.39 is 10.0 Å². The molecule has 3 N–H and O–H groups in total. The van der Waals surface area contributed by atoms with Crippen LogP contribution < -0.4 is 15.4 Å². The molecule has 4 aromatic carbocycles. The summed E-state index contributed by atoms with van der Waals surface area (Å²) in [5, 5.41) is 7.73. The van der Waals surface area contributed by atoms with E-state index in [9.17, 15) is 13.2 Å². The van der Waals surface area contributed by atoms with Gasteiger partial charge in [0.05, 0.1) is 4.90 Å². The van der Waals surface area contributed by atoms with Crippen molar-refractivity contribution < 1.29 is 13.2 Å². The number of carbonyl (C=O) groups is 1. The van der Waals surface area contributed by atoms with Crippen LogP contribution in [0.4, 0.5) is 11.4 Å². The Labute approximate surface area is 216 Å². The van der Waals surface area contributed by atoms with Crippen molar-refractivity contribution in [2.75, 3.05) is 10.0 Å². The SMILES string of the molecule is Cc1cc(C)cc(NS(=O)(=O)c2ccc(NC(=S)NC(=O)C=Cc3cccc4ccccc34)cc2)c1. The Morgan fingerprint density at radius 2 is 1.50 bits per heavy atom. The minimum absolute atomic E-state index is 0.103. The number of hydrogen-bond acceptors (Lipinski definition) is 4. The van der Waals surface area contributed by atoms with Crippen LogP contribution in [0.3, 0.4) is 0 Å². The van der Waals surface area contributed by atoms with Gasteiger partial charge in [0.25, 0.3) is 10.0 Å². The summed E-state index contributed by atoms with van der Waals surface area (Å²) in [6.07, 6.45) is 3.16. The van der Waals surface area contributed by atoms with Crippen LogP contribution in [0, 0.1) is 13.8 Å². The number of fused-ring (bicyclic) bond motifs is 1. The second-order valence-corrected chi connectivity index (χ2v) is 10.4. The molecule has 0 unspecified atom stereocenters. The van der Waals surface area contributed by atoms with Gasteiger partial charge in [0, 0.05) is 17.5 Å². The largest absolute Gasteiger partial charge is 0.332 e. The minimum Gasteiger partial charge on any atom is -0.332 e. The van der Waals surface area contributed by atoms with Gasteiger partial charge in [0.15, 0.2) is 5.11 Å². The molecule has 0 saturated carbocycles. The summed E-state index contributed by atoms with van der Waals surface area (Å²) in [5.41, 5.74) is 3.91. The fourth-order valence-electron chi connectivity index (χ4n) is 3.84. The molecule has 0 saturated heterocycles. The highest BCUT2D eigenvalue weighted by molar-refractivity contribution is 7.92. The smallest absolute Gasteiger partial charge is 0.261 e. The van der Waals surface area contributed by atoms with E-state index in [4.69, 9.17) is 12.2 Å². The third kappa shape index (κ3) is 6.35. The molecule has 0 aliphatic carbocycles. The topological polar surface area (TPSA) is 87.3 Å². The second kappa shape index (κ2) is 10.7. The van der Waals surface area contributed by atoms with Crippen molar-refractivity contribution in [1.82, 2.24) is 5.32 Å². The van der Waals surface area contributed by atoms with Crippen molar-refractivity contribution in [2.24, 2.45) is 0 Å². The molecule has 8 heteroatoms. The quantitative estimate of drug-likeness (QED) is 0.224. The molecule has 0 aromatic heterocycles. The molecular formula is C28H25N3O3S2. The van der Waals surface area contributed by atoms with Gasteiger partial charge in [-0.15, -0.1) is 0 Å². The van der Waals surface area contributed by atoms with Gasteiger partial charge in [0.1, 0.15) is 0 Å². The number of nitrogens with one attached hydrogen (secondary N) is 3. The summed E-state index contributed by atoms with van der Waals surface area (Å²) in [6.45, 7) is 3.82. The molecule has 0 bridgehead atoms. The van der Waals surface area contributed by atoms with Crippen molar-refractivity contribution in [1.29, 1.82) is 0 Å². The van der Waals surface area contributed by atoms with Crippen LogP contribution in [0.1, 0.15) is 16.7 Å². The zero-order valence-electron chi connectivity index (χ0n) is 19.8. The molecule has 182 valence electrons. The van der Waals surface area contributed by atoms with E-state index >= 15 is 0 Å². The van der Waals surface area contributed by atoms with E-state index in [2.05, 4.69) is 15.4 Å². The molecule has 0 radical (unpaired) electrons. The van der Waals surface area contributed by atoms with Gasteiger partial charge < -0.3 is 5.32 Å². The Kier molecular flexibility index (Phi) is 7.47. The second-order valence-electron chi connectivity index (χ2n) is 8.35. The van der Waals surface area contributed by atoms with Gasteiger partial charge in [-0.2, -0.15) is 0 Å². The van der Waals surface area contributed by atoms with Gasteiger partial charge in [-0.05, 0) is 96.0 Å². The molecule has 0 atom stereocenters. The monoisotopic (exact) mass is 515 g/mol. The van der Waals surface area contributed by atoms with E-state index in [0.29, 0.717) is 11.4 Å². The summed E-state index contributed by atoms with van der Waals surface area (Å²) in [4.78, 5) is 12.5. The first-order chi connectivity index (χ1) is 17.2. The summed E-state index contributed by atoms with van der Waals surface area (Å²) in [6, 6.07) is 25.5. The molecule has 36 heavy (non-hydrogen) atoms. The van der Waals surface area contributed by atoms with Gasteiger partial charge in [-0.3, -0.25) is 14.8 Å². The maximum atomic E-state index is 12.8. The third-order valence-corrected chi connectivity index (χ3v) is 6.97. The van der Waals surface area contributed by atoms with Crippen LogP contribution in [-0.2, 0) is 14.8 Å². The van der Waals surface area contributed by atoms with E-state index in [1.807, 2.05) is 62.4 Å². The zero-order valence-corrected chi connectivity index (χ0v) is 21.4. The first kappa shape index (κ1) is 25.1. The molecule has 0 spiro atoms. The van der Waals surface area contributed by atoms with Gasteiger partial charge in [0.2, 0.25) is 5.91 Å². The van der Waals surface area contributed by atoms with Crippen molar-refractivity contribution in [3.05, 3.63) is 108 Å². The Balaban J connectivity index is 1.36. The fraction of sp³-hybridized carbons (Fsp3) is 0.0714. The van der Waals surface area contributed by atoms with E-state index in [1.165, 1.54) is 18.2 Å². The average molecular weight is 516 g/mol. The lowest BCUT2D eigenvalue weighted by Gasteiger charge is -2.11. The standard InChI is InChI=1S/C28H25N3O3S2/c1-19-16-20(2)18-24(17-19)31-36(33,34)25-13-11-23(12-14-25)29-28(35)30-27(32)15-10-22-8-5-7-21-6-3-4-9-26(21)22/h3-18,31H,1-2H3,(H2,29,30,32,35). The van der Waals surface area contributed by atoms with E-state index in [1.54, 1.807) is 30.3 Å². The first-order valence-corrected chi connectivity index (χ1v) is 13.1. The zero-order chi connectivity index (χ0) is 25.7. The van der Waals surface area contributed by atoms with E-state index in [0.717, 1.165) is 27.5 Å². The molecule has 6 nitrogen and oxygen atoms in total.